The summed E-state index contributed by atoms with van der Waals surface area (Å²) in [4.78, 5) is 11.2. The maximum absolute atomic E-state index is 4.58. The number of nitrogens with zero attached hydrogens (tertiary/aromatic N) is 3. The first-order chi connectivity index (χ1) is 23.3. The summed E-state index contributed by atoms with van der Waals surface area (Å²) in [5, 5.41) is 2.43. The average Bonchev–Trinajstić information content (AvgIpc) is 3.08. The number of aryl methyl sites for hydroxylation is 6. The van der Waals surface area contributed by atoms with E-state index in [-0.39, 0.29) is 5.92 Å². The van der Waals surface area contributed by atoms with Crippen LogP contribution in [0.4, 0.5) is 17.1 Å². The molecule has 0 amide bonds. The number of hydrogen-bond donors (Lipinski definition) is 0. The van der Waals surface area contributed by atoms with Crippen LogP contribution in [0.3, 0.4) is 0 Å². The van der Waals surface area contributed by atoms with E-state index in [1.54, 1.807) is 12.4 Å². The normalized spacial score (nSPS) is 11.3. The van der Waals surface area contributed by atoms with Crippen molar-refractivity contribution in [1.82, 2.24) is 9.97 Å². The van der Waals surface area contributed by atoms with Crippen LogP contribution in [0.1, 0.15) is 56.0 Å². The SMILES string of the molecule is Cc1cc(C)c(C(c2ccc(N(c3cccc(-c4cnccn4)c3)c3ccc4ccccc4c3)cc2)c2c(C)cc(C)cc2C)c(C)c1. The van der Waals surface area contributed by atoms with Crippen LogP contribution >= 0.6 is 0 Å². The van der Waals surface area contributed by atoms with Crippen LogP contribution in [0.25, 0.3) is 22.0 Å². The minimum atomic E-state index is 0.120. The van der Waals surface area contributed by atoms with Gasteiger partial charge in [0.05, 0.1) is 11.9 Å². The zero-order chi connectivity index (χ0) is 33.4. The number of aromatic nitrogens is 2. The third-order valence-corrected chi connectivity index (χ3v) is 9.49. The van der Waals surface area contributed by atoms with E-state index in [0.29, 0.717) is 0 Å². The van der Waals surface area contributed by atoms with Gasteiger partial charge < -0.3 is 4.90 Å². The van der Waals surface area contributed by atoms with Gasteiger partial charge in [-0.15, -0.1) is 0 Å². The van der Waals surface area contributed by atoms with Gasteiger partial charge in [0.1, 0.15) is 0 Å². The lowest BCUT2D eigenvalue weighted by atomic mass is 9.77. The molecule has 3 heteroatoms. The molecule has 0 aliphatic carbocycles. The van der Waals surface area contributed by atoms with E-state index in [4.69, 9.17) is 0 Å². The molecule has 0 saturated carbocycles. The van der Waals surface area contributed by atoms with E-state index in [1.165, 1.54) is 60.8 Å². The number of rotatable bonds is 7. The summed E-state index contributed by atoms with van der Waals surface area (Å²) in [6.45, 7) is 13.4. The van der Waals surface area contributed by atoms with Crippen molar-refractivity contribution in [3.05, 3.63) is 184 Å². The smallest absolute Gasteiger partial charge is 0.0885 e. The van der Waals surface area contributed by atoms with Gasteiger partial charge in [-0.2, -0.15) is 0 Å². The molecule has 6 aromatic carbocycles. The third-order valence-electron chi connectivity index (χ3n) is 9.49. The van der Waals surface area contributed by atoms with Gasteiger partial charge in [0.2, 0.25) is 0 Å². The fraction of sp³-hybridized carbons (Fsp3) is 0.156. The van der Waals surface area contributed by atoms with E-state index < -0.39 is 0 Å². The molecule has 0 aliphatic rings. The molecular formula is C45H41N3. The Bertz CT molecular complexity index is 2150. The van der Waals surface area contributed by atoms with Gasteiger partial charge in [0.15, 0.2) is 0 Å². The summed E-state index contributed by atoms with van der Waals surface area (Å²) < 4.78 is 0. The first kappa shape index (κ1) is 31.1. The van der Waals surface area contributed by atoms with Crippen molar-refractivity contribution >= 4 is 27.8 Å². The molecule has 1 heterocycles. The molecule has 0 saturated heterocycles. The highest BCUT2D eigenvalue weighted by Crippen LogP contribution is 2.42. The van der Waals surface area contributed by atoms with Crippen LogP contribution in [0.5, 0.6) is 0 Å². The average molecular weight is 624 g/mol. The molecule has 1 aromatic heterocycles. The van der Waals surface area contributed by atoms with E-state index in [9.17, 15) is 0 Å². The Hall–Kier alpha value is -5.54. The maximum atomic E-state index is 4.58. The molecule has 0 aliphatic heterocycles. The summed E-state index contributed by atoms with van der Waals surface area (Å²) in [6.07, 6.45) is 5.27. The minimum Gasteiger partial charge on any atom is -0.310 e. The second kappa shape index (κ2) is 12.9. The van der Waals surface area contributed by atoms with Crippen molar-refractivity contribution < 1.29 is 0 Å². The van der Waals surface area contributed by atoms with E-state index >= 15 is 0 Å². The molecule has 48 heavy (non-hydrogen) atoms. The Morgan fingerprint density at radius 3 is 1.69 bits per heavy atom. The van der Waals surface area contributed by atoms with E-state index in [1.807, 2.05) is 6.20 Å². The van der Waals surface area contributed by atoms with Crippen LogP contribution in [0.15, 0.2) is 134 Å². The Morgan fingerprint density at radius 2 is 1.08 bits per heavy atom. The Morgan fingerprint density at radius 1 is 0.500 bits per heavy atom. The zero-order valence-electron chi connectivity index (χ0n) is 28.6. The molecule has 0 fully saturated rings. The third kappa shape index (κ3) is 6.00. The molecule has 0 atom stereocenters. The number of anilines is 3. The van der Waals surface area contributed by atoms with Gasteiger partial charge in [0, 0.05) is 40.9 Å². The second-order valence-electron chi connectivity index (χ2n) is 13.2. The Labute approximate surface area is 284 Å². The maximum Gasteiger partial charge on any atom is 0.0885 e. The lowest BCUT2D eigenvalue weighted by Crippen LogP contribution is -2.13. The summed E-state index contributed by atoms with van der Waals surface area (Å²) >= 11 is 0. The van der Waals surface area contributed by atoms with E-state index in [2.05, 4.69) is 172 Å². The van der Waals surface area contributed by atoms with Crippen LogP contribution in [-0.2, 0) is 0 Å². The van der Waals surface area contributed by atoms with Crippen LogP contribution in [0.2, 0.25) is 0 Å². The van der Waals surface area contributed by atoms with Crippen molar-refractivity contribution in [2.75, 3.05) is 4.90 Å². The van der Waals surface area contributed by atoms with Gasteiger partial charge >= 0.3 is 0 Å². The van der Waals surface area contributed by atoms with Gasteiger partial charge in [-0.3, -0.25) is 9.97 Å². The topological polar surface area (TPSA) is 29.0 Å². The first-order valence-electron chi connectivity index (χ1n) is 16.7. The quantitative estimate of drug-likeness (QED) is 0.165. The molecule has 0 bridgehead atoms. The fourth-order valence-electron chi connectivity index (χ4n) is 7.60. The highest BCUT2D eigenvalue weighted by molar-refractivity contribution is 5.89. The predicted molar refractivity (Wildman–Crippen MR) is 202 cm³/mol. The monoisotopic (exact) mass is 623 g/mol. The van der Waals surface area contributed by atoms with Gasteiger partial charge in [-0.25, -0.2) is 0 Å². The number of fused-ring (bicyclic) bond motifs is 1. The predicted octanol–water partition coefficient (Wildman–Crippen LogP) is 11.8. The molecule has 0 N–H and O–H groups in total. The molecule has 0 radical (unpaired) electrons. The summed E-state index contributed by atoms with van der Waals surface area (Å²) in [7, 11) is 0. The van der Waals surface area contributed by atoms with E-state index in [0.717, 1.165) is 28.3 Å². The summed E-state index contributed by atoms with van der Waals surface area (Å²) in [5.74, 6) is 0.120. The Kier molecular flexibility index (Phi) is 8.37. The minimum absolute atomic E-state index is 0.120. The standard InChI is InChI=1S/C45H41N3/c1-29-22-31(3)43(32(4)23-29)45(44-33(5)24-30(2)25-34(44)6)36-15-17-39(18-16-36)48(41-19-14-35-10-7-8-11-37(35)26-41)40-13-9-12-38(27-40)42-28-46-20-21-47-42/h7-28,45H,1-6H3. The number of hydrogen-bond acceptors (Lipinski definition) is 3. The largest absolute Gasteiger partial charge is 0.310 e. The van der Waals surface area contributed by atoms with Crippen molar-refractivity contribution in [3.8, 4) is 11.3 Å². The van der Waals surface area contributed by atoms with Crippen molar-refractivity contribution in [3.63, 3.8) is 0 Å². The van der Waals surface area contributed by atoms with Crippen molar-refractivity contribution in [1.29, 1.82) is 0 Å². The van der Waals surface area contributed by atoms with Crippen LogP contribution < -0.4 is 4.90 Å². The van der Waals surface area contributed by atoms with Gasteiger partial charge in [0.25, 0.3) is 0 Å². The summed E-state index contributed by atoms with van der Waals surface area (Å²) in [6, 6.07) is 42.3. The molecular weight excluding hydrogens is 583 g/mol. The fourth-order valence-corrected chi connectivity index (χ4v) is 7.60. The summed E-state index contributed by atoms with van der Waals surface area (Å²) in [5.41, 5.74) is 17.1. The molecule has 236 valence electrons. The Balaban J connectivity index is 1.39. The number of benzene rings is 6. The molecule has 7 rings (SSSR count). The first-order valence-corrected chi connectivity index (χ1v) is 16.7. The molecule has 7 aromatic rings. The molecule has 0 spiro atoms. The van der Waals surface area contributed by atoms with Gasteiger partial charge in [-0.1, -0.05) is 90.0 Å². The van der Waals surface area contributed by atoms with Crippen molar-refractivity contribution in [2.45, 2.75) is 47.5 Å². The zero-order valence-corrected chi connectivity index (χ0v) is 28.6. The molecule has 0 unspecified atom stereocenters. The van der Waals surface area contributed by atoms with Gasteiger partial charge in [-0.05, 0) is 128 Å². The van der Waals surface area contributed by atoms with Crippen LogP contribution in [0, 0.1) is 41.5 Å². The highest BCUT2D eigenvalue weighted by Gasteiger charge is 2.25. The lowest BCUT2D eigenvalue weighted by Gasteiger charge is -2.29. The second-order valence-corrected chi connectivity index (χ2v) is 13.2. The van der Waals surface area contributed by atoms with Crippen LogP contribution in [-0.4, -0.2) is 9.97 Å². The van der Waals surface area contributed by atoms with Crippen molar-refractivity contribution in [2.24, 2.45) is 0 Å². The highest BCUT2D eigenvalue weighted by atomic mass is 15.1. The molecule has 3 nitrogen and oxygen atoms in total. The lowest BCUT2D eigenvalue weighted by molar-refractivity contribution is 0.919.